The van der Waals surface area contributed by atoms with Crippen LogP contribution in [0.1, 0.15) is 33.1 Å². The van der Waals surface area contributed by atoms with E-state index in [2.05, 4.69) is 13.8 Å². The van der Waals surface area contributed by atoms with E-state index in [1.54, 1.807) is 0 Å². The van der Waals surface area contributed by atoms with Crippen molar-refractivity contribution in [1.29, 1.82) is 0 Å². The van der Waals surface area contributed by atoms with Gasteiger partial charge in [0.25, 0.3) is 0 Å². The minimum Gasteiger partial charge on any atom is -0.383 e. The molecule has 0 saturated carbocycles. The Morgan fingerprint density at radius 3 is 2.69 bits per heavy atom. The maximum Gasteiger partial charge on any atom is 0.440 e. The van der Waals surface area contributed by atoms with Gasteiger partial charge in [-0.1, -0.05) is 31.3 Å². The summed E-state index contributed by atoms with van der Waals surface area (Å²) in [4.78, 5) is 0. The Labute approximate surface area is 86.5 Å². The van der Waals surface area contributed by atoms with Gasteiger partial charge < -0.3 is 8.85 Å². The molecule has 0 aromatic heterocycles. The topological polar surface area (TPSA) is 18.5 Å². The van der Waals surface area contributed by atoms with Gasteiger partial charge in [0.05, 0.1) is 6.10 Å². The molecule has 0 bridgehead atoms. The number of hydrogen-bond donors (Lipinski definition) is 0. The molecule has 1 heterocycles. The lowest BCUT2D eigenvalue weighted by molar-refractivity contribution is 0.00268. The highest BCUT2D eigenvalue weighted by Crippen LogP contribution is 2.30. The highest BCUT2D eigenvalue weighted by molar-refractivity contribution is 7.12. The van der Waals surface area contributed by atoms with E-state index < -0.39 is 7.87 Å². The molecule has 78 valence electrons. The van der Waals surface area contributed by atoms with Crippen molar-refractivity contribution < 1.29 is 8.85 Å². The van der Waals surface area contributed by atoms with Gasteiger partial charge in [-0.25, -0.2) is 0 Å². The Hall–Kier alpha value is 0.427. The van der Waals surface area contributed by atoms with Crippen LogP contribution in [0, 0.1) is 5.92 Å². The van der Waals surface area contributed by atoms with E-state index in [4.69, 9.17) is 19.9 Å². The van der Waals surface area contributed by atoms with Gasteiger partial charge in [-0.3, -0.25) is 0 Å². The number of halogens is 1. The van der Waals surface area contributed by atoms with E-state index in [0.717, 1.165) is 25.9 Å². The Bertz CT molecular complexity index is 164. The second-order valence-electron chi connectivity index (χ2n) is 3.76. The Morgan fingerprint density at radius 1 is 1.46 bits per heavy atom. The summed E-state index contributed by atoms with van der Waals surface area (Å²) in [6, 6.07) is 0. The normalized spacial score (nSPS) is 40.6. The van der Waals surface area contributed by atoms with Crippen LogP contribution in [0.4, 0.5) is 0 Å². The lowest BCUT2D eigenvalue weighted by atomic mass is 9.97. The molecular formula is C9H19ClO2Si. The van der Waals surface area contributed by atoms with Crippen molar-refractivity contribution in [2.24, 2.45) is 5.92 Å². The fraction of sp³-hybridized carbons (Fsp3) is 1.00. The van der Waals surface area contributed by atoms with Crippen LogP contribution in [0.2, 0.25) is 6.55 Å². The lowest BCUT2D eigenvalue weighted by Crippen LogP contribution is -2.47. The van der Waals surface area contributed by atoms with Gasteiger partial charge in [-0.15, -0.1) is 0 Å². The molecule has 3 atom stereocenters. The van der Waals surface area contributed by atoms with E-state index >= 15 is 0 Å². The Morgan fingerprint density at radius 2 is 2.15 bits per heavy atom. The third-order valence-corrected chi connectivity index (χ3v) is 4.54. The molecule has 2 nitrogen and oxygen atoms in total. The van der Waals surface area contributed by atoms with Crippen LogP contribution in [0.3, 0.4) is 0 Å². The monoisotopic (exact) mass is 222 g/mol. The molecule has 0 aromatic rings. The average Bonchev–Trinajstić information content (AvgIpc) is 2.04. The molecule has 0 amide bonds. The molecule has 0 radical (unpaired) electrons. The van der Waals surface area contributed by atoms with Gasteiger partial charge in [0.2, 0.25) is 0 Å². The van der Waals surface area contributed by atoms with Crippen molar-refractivity contribution in [3.63, 3.8) is 0 Å². The van der Waals surface area contributed by atoms with Gasteiger partial charge >= 0.3 is 7.87 Å². The van der Waals surface area contributed by atoms with Crippen molar-refractivity contribution in [2.45, 2.75) is 45.8 Å². The first-order valence-electron chi connectivity index (χ1n) is 5.09. The average molecular weight is 223 g/mol. The Balaban J connectivity index is 2.52. The zero-order valence-electron chi connectivity index (χ0n) is 8.68. The van der Waals surface area contributed by atoms with E-state index in [1.165, 1.54) is 0 Å². The first-order valence-corrected chi connectivity index (χ1v) is 8.42. The standard InChI is InChI=1S/C9H19ClO2Si/c1-4-6-9-8(5-2)7-11-13(3,10)12-9/h8-9H,4-7H2,1-3H3. The molecule has 0 spiro atoms. The van der Waals surface area contributed by atoms with Gasteiger partial charge in [0, 0.05) is 12.5 Å². The maximum atomic E-state index is 6.12. The lowest BCUT2D eigenvalue weighted by Gasteiger charge is -2.38. The minimum atomic E-state index is -2.28. The molecule has 1 saturated heterocycles. The summed E-state index contributed by atoms with van der Waals surface area (Å²) in [6.07, 6.45) is 3.71. The maximum absolute atomic E-state index is 6.12. The van der Waals surface area contributed by atoms with Gasteiger partial charge in [0.1, 0.15) is 0 Å². The zero-order valence-corrected chi connectivity index (χ0v) is 10.4. The van der Waals surface area contributed by atoms with E-state index in [-0.39, 0.29) is 0 Å². The summed E-state index contributed by atoms with van der Waals surface area (Å²) < 4.78 is 11.3. The summed E-state index contributed by atoms with van der Waals surface area (Å²) >= 11 is 6.12. The van der Waals surface area contributed by atoms with Crippen LogP contribution in [-0.4, -0.2) is 20.6 Å². The first kappa shape index (κ1) is 11.5. The molecule has 13 heavy (non-hydrogen) atoms. The number of rotatable bonds is 3. The molecular weight excluding hydrogens is 204 g/mol. The van der Waals surface area contributed by atoms with Crippen molar-refractivity contribution in [3.8, 4) is 0 Å². The molecule has 1 aliphatic rings. The quantitative estimate of drug-likeness (QED) is 0.540. The van der Waals surface area contributed by atoms with Crippen LogP contribution in [0.25, 0.3) is 0 Å². The molecule has 4 heteroatoms. The fourth-order valence-electron chi connectivity index (χ4n) is 1.72. The second kappa shape index (κ2) is 4.78. The van der Waals surface area contributed by atoms with Gasteiger partial charge in [0.15, 0.2) is 0 Å². The SMILES string of the molecule is CCCC1O[Si](C)(Cl)OCC1CC. The third-order valence-electron chi connectivity index (χ3n) is 2.54. The Kier molecular flexibility index (Phi) is 4.23. The first-order chi connectivity index (χ1) is 6.09. The summed E-state index contributed by atoms with van der Waals surface area (Å²) in [5.41, 5.74) is 0. The van der Waals surface area contributed by atoms with E-state index in [0.29, 0.717) is 12.0 Å². The van der Waals surface area contributed by atoms with Crippen molar-refractivity contribution >= 4 is 18.9 Å². The van der Waals surface area contributed by atoms with Crippen LogP contribution in [0.15, 0.2) is 0 Å². The highest BCUT2D eigenvalue weighted by Gasteiger charge is 2.40. The smallest absolute Gasteiger partial charge is 0.383 e. The van der Waals surface area contributed by atoms with Crippen molar-refractivity contribution in [3.05, 3.63) is 0 Å². The molecule has 1 fully saturated rings. The molecule has 1 rings (SSSR count). The van der Waals surface area contributed by atoms with E-state index in [1.807, 2.05) is 6.55 Å². The summed E-state index contributed by atoms with van der Waals surface area (Å²) in [5.74, 6) is 0.541. The minimum absolute atomic E-state index is 0.331. The predicted octanol–water partition coefficient (Wildman–Crippen LogP) is 3.04. The summed E-state index contributed by atoms with van der Waals surface area (Å²) in [7, 11) is -2.28. The van der Waals surface area contributed by atoms with E-state index in [9.17, 15) is 0 Å². The zero-order chi connectivity index (χ0) is 9.90. The molecule has 0 aromatic carbocycles. The van der Waals surface area contributed by atoms with Crippen LogP contribution >= 0.6 is 11.1 Å². The van der Waals surface area contributed by atoms with Crippen LogP contribution < -0.4 is 0 Å². The highest BCUT2D eigenvalue weighted by atomic mass is 35.6. The molecule has 3 unspecified atom stereocenters. The third kappa shape index (κ3) is 3.24. The second-order valence-corrected chi connectivity index (χ2v) is 8.01. The van der Waals surface area contributed by atoms with Gasteiger partial charge in [-0.05, 0) is 19.4 Å². The van der Waals surface area contributed by atoms with Crippen molar-refractivity contribution in [2.75, 3.05) is 6.61 Å². The summed E-state index contributed by atoms with van der Waals surface area (Å²) in [5, 5.41) is 0. The molecule has 0 N–H and O–H groups in total. The number of hydrogen-bond acceptors (Lipinski definition) is 2. The van der Waals surface area contributed by atoms with Gasteiger partial charge in [-0.2, -0.15) is 0 Å². The fourth-order valence-corrected chi connectivity index (χ4v) is 3.69. The molecule has 1 aliphatic heterocycles. The largest absolute Gasteiger partial charge is 0.440 e. The van der Waals surface area contributed by atoms with Crippen LogP contribution in [-0.2, 0) is 8.85 Å². The summed E-state index contributed by atoms with van der Waals surface area (Å²) in [6.45, 7) is 7.05. The van der Waals surface area contributed by atoms with Crippen LogP contribution in [0.5, 0.6) is 0 Å². The predicted molar refractivity (Wildman–Crippen MR) is 57.0 cm³/mol. The van der Waals surface area contributed by atoms with Crippen molar-refractivity contribution in [1.82, 2.24) is 0 Å². The molecule has 0 aliphatic carbocycles.